The van der Waals surface area contributed by atoms with E-state index in [2.05, 4.69) is 6.92 Å². The molecule has 2 N–H and O–H groups in total. The molecular weight excluding hydrogens is 126 g/mol. The van der Waals surface area contributed by atoms with Crippen molar-refractivity contribution in [3.05, 3.63) is 0 Å². The van der Waals surface area contributed by atoms with Gasteiger partial charge in [-0.3, -0.25) is 0 Å². The zero-order chi connectivity index (χ0) is 7.56. The Morgan fingerprint density at radius 1 is 1.40 bits per heavy atom. The van der Waals surface area contributed by atoms with Crippen molar-refractivity contribution in [3.8, 4) is 0 Å². The number of rotatable bonds is 1. The fourth-order valence-electron chi connectivity index (χ4n) is 1.62. The molecule has 0 heterocycles. The van der Waals surface area contributed by atoms with Crippen LogP contribution in [0.5, 0.6) is 0 Å². The highest BCUT2D eigenvalue weighted by Crippen LogP contribution is 2.24. The van der Waals surface area contributed by atoms with Crippen molar-refractivity contribution in [2.45, 2.75) is 38.3 Å². The Hall–Kier alpha value is -0.0800. The van der Waals surface area contributed by atoms with Crippen LogP contribution < -0.4 is 5.73 Å². The van der Waals surface area contributed by atoms with E-state index in [0.29, 0.717) is 6.10 Å². The molecule has 0 aromatic rings. The third kappa shape index (κ3) is 1.70. The summed E-state index contributed by atoms with van der Waals surface area (Å²) < 4.78 is 5.25. The van der Waals surface area contributed by atoms with Crippen LogP contribution in [0.2, 0.25) is 0 Å². The Labute approximate surface area is 62.7 Å². The molecule has 1 saturated carbocycles. The molecular formula is C8H17NO. The van der Waals surface area contributed by atoms with E-state index >= 15 is 0 Å². The number of ether oxygens (including phenoxy) is 1. The summed E-state index contributed by atoms with van der Waals surface area (Å²) in [4.78, 5) is 0. The summed E-state index contributed by atoms with van der Waals surface area (Å²) in [7, 11) is 1.75. The predicted molar refractivity (Wildman–Crippen MR) is 41.8 cm³/mol. The highest BCUT2D eigenvalue weighted by molar-refractivity contribution is 4.81. The first-order valence-corrected chi connectivity index (χ1v) is 4.02. The van der Waals surface area contributed by atoms with Gasteiger partial charge < -0.3 is 10.5 Å². The monoisotopic (exact) mass is 143 g/mol. The average Bonchev–Trinajstić information content (AvgIpc) is 1.94. The highest BCUT2D eigenvalue weighted by Gasteiger charge is 2.25. The molecule has 0 bridgehead atoms. The van der Waals surface area contributed by atoms with E-state index in [9.17, 15) is 0 Å². The molecule has 2 heteroatoms. The molecule has 60 valence electrons. The van der Waals surface area contributed by atoms with Gasteiger partial charge >= 0.3 is 0 Å². The van der Waals surface area contributed by atoms with Crippen molar-refractivity contribution >= 4 is 0 Å². The highest BCUT2D eigenvalue weighted by atomic mass is 16.5. The summed E-state index contributed by atoms with van der Waals surface area (Å²) in [5, 5.41) is 0. The Morgan fingerprint density at radius 2 is 2.10 bits per heavy atom. The molecule has 0 unspecified atom stereocenters. The Balaban J connectivity index is 2.38. The lowest BCUT2D eigenvalue weighted by Gasteiger charge is -2.31. The minimum Gasteiger partial charge on any atom is -0.380 e. The second-order valence-corrected chi connectivity index (χ2v) is 3.36. The minimum absolute atomic E-state index is 0.279. The van der Waals surface area contributed by atoms with Crippen molar-refractivity contribution in [2.24, 2.45) is 11.7 Å². The van der Waals surface area contributed by atoms with E-state index in [-0.39, 0.29) is 6.04 Å². The predicted octanol–water partition coefficient (Wildman–Crippen LogP) is 1.15. The van der Waals surface area contributed by atoms with Gasteiger partial charge in [0.05, 0.1) is 6.10 Å². The molecule has 0 amide bonds. The van der Waals surface area contributed by atoms with Crippen LogP contribution in [0.3, 0.4) is 0 Å². The first kappa shape index (κ1) is 8.02. The molecule has 0 aromatic carbocycles. The first-order valence-electron chi connectivity index (χ1n) is 4.02. The van der Waals surface area contributed by atoms with Gasteiger partial charge in [0.15, 0.2) is 0 Å². The quantitative estimate of drug-likeness (QED) is 0.597. The van der Waals surface area contributed by atoms with E-state index in [1.54, 1.807) is 7.11 Å². The second-order valence-electron chi connectivity index (χ2n) is 3.36. The molecule has 2 nitrogen and oxygen atoms in total. The molecule has 0 spiro atoms. The summed E-state index contributed by atoms with van der Waals surface area (Å²) in [6.07, 6.45) is 3.84. The van der Waals surface area contributed by atoms with Crippen LogP contribution in [0.15, 0.2) is 0 Å². The van der Waals surface area contributed by atoms with E-state index in [0.717, 1.165) is 18.8 Å². The largest absolute Gasteiger partial charge is 0.380 e. The molecule has 10 heavy (non-hydrogen) atoms. The summed E-state index contributed by atoms with van der Waals surface area (Å²) in [6.45, 7) is 2.26. The molecule has 0 aliphatic heterocycles. The minimum atomic E-state index is 0.279. The number of nitrogens with two attached hydrogens (primary N) is 1. The van der Waals surface area contributed by atoms with Crippen molar-refractivity contribution in [3.63, 3.8) is 0 Å². The van der Waals surface area contributed by atoms with E-state index in [1.165, 1.54) is 6.42 Å². The van der Waals surface area contributed by atoms with Gasteiger partial charge in [0.25, 0.3) is 0 Å². The molecule has 1 fully saturated rings. The number of hydrogen-bond acceptors (Lipinski definition) is 2. The molecule has 1 aliphatic rings. The van der Waals surface area contributed by atoms with Crippen LogP contribution in [0.25, 0.3) is 0 Å². The van der Waals surface area contributed by atoms with E-state index in [1.807, 2.05) is 0 Å². The lowest BCUT2D eigenvalue weighted by Crippen LogP contribution is -2.40. The van der Waals surface area contributed by atoms with Crippen molar-refractivity contribution in [1.29, 1.82) is 0 Å². The summed E-state index contributed by atoms with van der Waals surface area (Å²) in [6, 6.07) is 0.279. The van der Waals surface area contributed by atoms with Gasteiger partial charge in [-0.1, -0.05) is 6.92 Å². The Kier molecular flexibility index (Phi) is 2.69. The van der Waals surface area contributed by atoms with Gasteiger partial charge in [0.1, 0.15) is 0 Å². The van der Waals surface area contributed by atoms with Crippen LogP contribution in [-0.2, 0) is 4.74 Å². The van der Waals surface area contributed by atoms with Crippen LogP contribution in [0.1, 0.15) is 26.2 Å². The zero-order valence-electron chi connectivity index (χ0n) is 6.84. The smallest absolute Gasteiger partial charge is 0.0724 e. The number of hydrogen-bond donors (Lipinski definition) is 1. The maximum absolute atomic E-state index is 5.83. The molecule has 3 atom stereocenters. The summed E-state index contributed by atoms with van der Waals surface area (Å²) in [5.41, 5.74) is 5.83. The topological polar surface area (TPSA) is 35.2 Å². The fraction of sp³-hybridized carbons (Fsp3) is 1.00. The van der Waals surface area contributed by atoms with E-state index < -0.39 is 0 Å². The van der Waals surface area contributed by atoms with Crippen LogP contribution in [0.4, 0.5) is 0 Å². The summed E-state index contributed by atoms with van der Waals surface area (Å²) >= 11 is 0. The van der Waals surface area contributed by atoms with Gasteiger partial charge in [-0.25, -0.2) is 0 Å². The lowest BCUT2D eigenvalue weighted by atomic mass is 9.85. The van der Waals surface area contributed by atoms with Gasteiger partial charge in [-0.05, 0) is 25.2 Å². The van der Waals surface area contributed by atoms with Crippen LogP contribution in [0, 0.1) is 5.92 Å². The van der Waals surface area contributed by atoms with Gasteiger partial charge in [-0.2, -0.15) is 0 Å². The first-order chi connectivity index (χ1) is 4.74. The maximum atomic E-state index is 5.83. The lowest BCUT2D eigenvalue weighted by molar-refractivity contribution is 0.0381. The van der Waals surface area contributed by atoms with Crippen molar-refractivity contribution < 1.29 is 4.74 Å². The second kappa shape index (κ2) is 3.35. The zero-order valence-corrected chi connectivity index (χ0v) is 6.84. The van der Waals surface area contributed by atoms with Crippen molar-refractivity contribution in [1.82, 2.24) is 0 Å². The third-order valence-electron chi connectivity index (χ3n) is 2.41. The normalized spacial score (nSPS) is 41.7. The standard InChI is InChI=1S/C8H17NO/c1-6-3-4-7(9)8(5-6)10-2/h6-8H,3-5,9H2,1-2H3/t6-,7-,8+/m1/s1. The van der Waals surface area contributed by atoms with E-state index in [4.69, 9.17) is 10.5 Å². The van der Waals surface area contributed by atoms with Gasteiger partial charge in [-0.15, -0.1) is 0 Å². The van der Waals surface area contributed by atoms with Crippen LogP contribution in [-0.4, -0.2) is 19.3 Å². The molecule has 1 rings (SSSR count). The molecule has 1 aliphatic carbocycles. The molecule has 0 aromatic heterocycles. The Bertz CT molecular complexity index is 105. The summed E-state index contributed by atoms with van der Waals surface area (Å²) in [5.74, 6) is 0.796. The maximum Gasteiger partial charge on any atom is 0.0724 e. The van der Waals surface area contributed by atoms with Crippen LogP contribution >= 0.6 is 0 Å². The number of methoxy groups -OCH3 is 1. The molecule has 0 radical (unpaired) electrons. The fourth-order valence-corrected chi connectivity index (χ4v) is 1.62. The molecule has 0 saturated heterocycles. The van der Waals surface area contributed by atoms with Gasteiger partial charge in [0, 0.05) is 13.2 Å². The SMILES string of the molecule is CO[C@H]1C[C@H](C)CC[C@H]1N. The third-order valence-corrected chi connectivity index (χ3v) is 2.41. The van der Waals surface area contributed by atoms with Gasteiger partial charge in [0.2, 0.25) is 0 Å². The average molecular weight is 143 g/mol. The Morgan fingerprint density at radius 3 is 2.60 bits per heavy atom. The van der Waals surface area contributed by atoms with Crippen molar-refractivity contribution in [2.75, 3.05) is 7.11 Å².